The summed E-state index contributed by atoms with van der Waals surface area (Å²) in [6.45, 7) is 4.86. The molecular weight excluding hydrogens is 344 g/mol. The van der Waals surface area contributed by atoms with Crippen molar-refractivity contribution >= 4 is 23.4 Å². The number of hydrogen-bond acceptors (Lipinski definition) is 4. The molecule has 0 bridgehead atoms. The summed E-state index contributed by atoms with van der Waals surface area (Å²) < 4.78 is 0. The predicted octanol–water partition coefficient (Wildman–Crippen LogP) is 5.27. The molecule has 3 aromatic rings. The third kappa shape index (κ3) is 5.20. The summed E-state index contributed by atoms with van der Waals surface area (Å²) in [4.78, 5) is 9.07. The molecule has 0 radical (unpaired) electrons. The summed E-state index contributed by atoms with van der Waals surface area (Å²) in [5.74, 6) is 1.46. The summed E-state index contributed by atoms with van der Waals surface area (Å²) in [6.07, 6.45) is 0.887. The van der Waals surface area contributed by atoms with Crippen molar-refractivity contribution in [2.24, 2.45) is 0 Å². The van der Waals surface area contributed by atoms with Crippen LogP contribution in [-0.4, -0.2) is 16.5 Å². The van der Waals surface area contributed by atoms with Gasteiger partial charge in [0.05, 0.1) is 0 Å². The van der Waals surface area contributed by atoms with Crippen molar-refractivity contribution in [1.82, 2.24) is 9.97 Å². The van der Waals surface area contributed by atoms with Gasteiger partial charge in [-0.15, -0.1) is 0 Å². The molecule has 1 unspecified atom stereocenters. The van der Waals surface area contributed by atoms with E-state index < -0.39 is 0 Å². The Hall–Kier alpha value is -2.59. The van der Waals surface area contributed by atoms with Gasteiger partial charge < -0.3 is 10.6 Å². The number of hydrogen-bond donors (Lipinski definition) is 2. The molecule has 1 aromatic heterocycles. The molecule has 0 aliphatic carbocycles. The molecule has 3 rings (SSSR count). The monoisotopic (exact) mass is 366 g/mol. The van der Waals surface area contributed by atoms with E-state index >= 15 is 0 Å². The SMILES string of the molecule is Cc1cc(NC(C)c2ccccc2)nc(NCCc2ccc(Cl)cc2)n1. The van der Waals surface area contributed by atoms with Crippen LogP contribution in [0, 0.1) is 6.92 Å². The van der Waals surface area contributed by atoms with Crippen molar-refractivity contribution in [2.75, 3.05) is 17.2 Å². The van der Waals surface area contributed by atoms with Crippen LogP contribution in [0.25, 0.3) is 0 Å². The van der Waals surface area contributed by atoms with Gasteiger partial charge in [-0.2, -0.15) is 4.98 Å². The maximum atomic E-state index is 5.92. The Morgan fingerprint density at radius 2 is 1.73 bits per heavy atom. The van der Waals surface area contributed by atoms with Gasteiger partial charge in [-0.05, 0) is 43.5 Å². The number of anilines is 2. The lowest BCUT2D eigenvalue weighted by Crippen LogP contribution is -2.12. The lowest BCUT2D eigenvalue weighted by Gasteiger charge is -2.16. The highest BCUT2D eigenvalue weighted by molar-refractivity contribution is 6.30. The maximum Gasteiger partial charge on any atom is 0.224 e. The highest BCUT2D eigenvalue weighted by Crippen LogP contribution is 2.19. The molecule has 134 valence electrons. The first-order valence-electron chi connectivity index (χ1n) is 8.75. The van der Waals surface area contributed by atoms with Gasteiger partial charge in [0.15, 0.2) is 0 Å². The van der Waals surface area contributed by atoms with E-state index in [1.165, 1.54) is 11.1 Å². The van der Waals surface area contributed by atoms with E-state index in [0.717, 1.165) is 29.5 Å². The average molecular weight is 367 g/mol. The van der Waals surface area contributed by atoms with Crippen LogP contribution >= 0.6 is 11.6 Å². The van der Waals surface area contributed by atoms with E-state index in [0.29, 0.717) is 5.95 Å². The molecule has 2 aromatic carbocycles. The van der Waals surface area contributed by atoms with Gasteiger partial charge in [0, 0.05) is 29.4 Å². The topological polar surface area (TPSA) is 49.8 Å². The minimum atomic E-state index is 0.174. The normalized spacial score (nSPS) is 11.8. The summed E-state index contributed by atoms with van der Waals surface area (Å²) in [5.41, 5.74) is 3.38. The van der Waals surface area contributed by atoms with Gasteiger partial charge in [0.25, 0.3) is 0 Å². The van der Waals surface area contributed by atoms with Crippen LogP contribution in [0.1, 0.15) is 29.8 Å². The maximum absolute atomic E-state index is 5.92. The van der Waals surface area contributed by atoms with Crippen molar-refractivity contribution in [2.45, 2.75) is 26.3 Å². The van der Waals surface area contributed by atoms with Crippen molar-refractivity contribution in [3.05, 3.63) is 82.5 Å². The van der Waals surface area contributed by atoms with Crippen LogP contribution in [0.2, 0.25) is 5.02 Å². The third-order valence-electron chi connectivity index (χ3n) is 4.13. The summed E-state index contributed by atoms with van der Waals surface area (Å²) >= 11 is 5.92. The Morgan fingerprint density at radius 1 is 1.00 bits per heavy atom. The van der Waals surface area contributed by atoms with E-state index in [4.69, 9.17) is 11.6 Å². The first kappa shape index (κ1) is 18.2. The average Bonchev–Trinajstić information content (AvgIpc) is 2.64. The van der Waals surface area contributed by atoms with Gasteiger partial charge >= 0.3 is 0 Å². The standard InChI is InChI=1S/C21H23ClN4/c1-15-14-20(25-16(2)18-6-4-3-5-7-18)26-21(24-15)23-13-12-17-8-10-19(22)11-9-17/h3-11,14,16H,12-13H2,1-2H3,(H2,23,24,25,26). The molecule has 0 aliphatic heterocycles. The van der Waals surface area contributed by atoms with Gasteiger partial charge in [0.1, 0.15) is 5.82 Å². The summed E-state index contributed by atoms with van der Waals surface area (Å²) in [5, 5.41) is 7.51. The largest absolute Gasteiger partial charge is 0.363 e. The highest BCUT2D eigenvalue weighted by Gasteiger charge is 2.08. The van der Waals surface area contributed by atoms with Crippen LogP contribution in [-0.2, 0) is 6.42 Å². The number of halogens is 1. The summed E-state index contributed by atoms with van der Waals surface area (Å²) in [6, 6.07) is 20.4. The minimum Gasteiger partial charge on any atom is -0.363 e. The second-order valence-corrected chi connectivity index (χ2v) is 6.73. The third-order valence-corrected chi connectivity index (χ3v) is 4.38. The lowest BCUT2D eigenvalue weighted by atomic mass is 10.1. The molecule has 0 saturated heterocycles. The molecule has 0 spiro atoms. The first-order valence-corrected chi connectivity index (χ1v) is 9.13. The first-order chi connectivity index (χ1) is 12.6. The molecule has 4 nitrogen and oxygen atoms in total. The van der Waals surface area contributed by atoms with E-state index in [9.17, 15) is 0 Å². The number of rotatable bonds is 7. The van der Waals surface area contributed by atoms with E-state index in [1.54, 1.807) is 0 Å². The Balaban J connectivity index is 1.61. The smallest absolute Gasteiger partial charge is 0.224 e. The molecule has 2 N–H and O–H groups in total. The quantitative estimate of drug-likeness (QED) is 0.598. The van der Waals surface area contributed by atoms with Crippen LogP contribution in [0.15, 0.2) is 60.7 Å². The zero-order chi connectivity index (χ0) is 18.4. The van der Waals surface area contributed by atoms with Crippen LogP contribution in [0.3, 0.4) is 0 Å². The van der Waals surface area contributed by atoms with E-state index in [2.05, 4.69) is 39.7 Å². The molecule has 0 saturated carbocycles. The molecule has 1 heterocycles. The second kappa shape index (κ2) is 8.68. The van der Waals surface area contributed by atoms with Crippen molar-refractivity contribution in [3.63, 3.8) is 0 Å². The summed E-state index contributed by atoms with van der Waals surface area (Å²) in [7, 11) is 0. The minimum absolute atomic E-state index is 0.174. The Labute approximate surface area is 159 Å². The Morgan fingerprint density at radius 3 is 2.46 bits per heavy atom. The fourth-order valence-corrected chi connectivity index (χ4v) is 2.86. The van der Waals surface area contributed by atoms with Crippen molar-refractivity contribution in [3.8, 4) is 0 Å². The second-order valence-electron chi connectivity index (χ2n) is 6.30. The van der Waals surface area contributed by atoms with Gasteiger partial charge in [-0.3, -0.25) is 0 Å². The number of aryl methyl sites for hydroxylation is 1. The Bertz CT molecular complexity index is 834. The van der Waals surface area contributed by atoms with E-state index in [1.807, 2.05) is 55.5 Å². The number of nitrogens with zero attached hydrogens (tertiary/aromatic N) is 2. The van der Waals surface area contributed by atoms with Crippen LogP contribution in [0.4, 0.5) is 11.8 Å². The molecule has 26 heavy (non-hydrogen) atoms. The Kier molecular flexibility index (Phi) is 6.08. The molecule has 5 heteroatoms. The van der Waals surface area contributed by atoms with Crippen molar-refractivity contribution in [1.29, 1.82) is 0 Å². The zero-order valence-electron chi connectivity index (χ0n) is 15.0. The number of aromatic nitrogens is 2. The number of nitrogens with one attached hydrogen (secondary N) is 2. The van der Waals surface area contributed by atoms with Crippen molar-refractivity contribution < 1.29 is 0 Å². The molecule has 0 fully saturated rings. The van der Waals surface area contributed by atoms with Gasteiger partial charge in [0.2, 0.25) is 5.95 Å². The molecule has 0 amide bonds. The molecular formula is C21H23ClN4. The van der Waals surface area contributed by atoms with Gasteiger partial charge in [-0.25, -0.2) is 4.98 Å². The number of benzene rings is 2. The van der Waals surface area contributed by atoms with Gasteiger partial charge in [-0.1, -0.05) is 54.1 Å². The van der Waals surface area contributed by atoms with E-state index in [-0.39, 0.29) is 6.04 Å². The fraction of sp³-hybridized carbons (Fsp3) is 0.238. The predicted molar refractivity (Wildman–Crippen MR) is 109 cm³/mol. The van der Waals surface area contributed by atoms with Crippen LogP contribution < -0.4 is 10.6 Å². The highest BCUT2D eigenvalue weighted by atomic mass is 35.5. The molecule has 0 aliphatic rings. The molecule has 1 atom stereocenters. The van der Waals surface area contributed by atoms with Crippen LogP contribution in [0.5, 0.6) is 0 Å². The fourth-order valence-electron chi connectivity index (χ4n) is 2.74. The lowest BCUT2D eigenvalue weighted by molar-refractivity contribution is 0.868. The zero-order valence-corrected chi connectivity index (χ0v) is 15.8.